The highest BCUT2D eigenvalue weighted by atomic mass is 13.9. The molecular formula is C11H18. The quantitative estimate of drug-likeness (QED) is 0.534. The molecule has 0 rings (SSSR count). The van der Waals surface area contributed by atoms with Crippen LogP contribution in [0.25, 0.3) is 0 Å². The van der Waals surface area contributed by atoms with Gasteiger partial charge in [0.05, 0.1) is 0 Å². The van der Waals surface area contributed by atoms with Crippen LogP contribution in [-0.2, 0) is 0 Å². The van der Waals surface area contributed by atoms with Gasteiger partial charge in [-0.15, -0.1) is 6.58 Å². The summed E-state index contributed by atoms with van der Waals surface area (Å²) in [5, 5.41) is 0. The molecule has 0 atom stereocenters. The van der Waals surface area contributed by atoms with Crippen molar-refractivity contribution in [2.24, 2.45) is 0 Å². The first-order valence-corrected chi connectivity index (χ1v) is 4.06. The summed E-state index contributed by atoms with van der Waals surface area (Å²) in [6.07, 6.45) is 8.48. The van der Waals surface area contributed by atoms with Gasteiger partial charge in [-0.2, -0.15) is 0 Å². The largest absolute Gasteiger partial charge is 0.103 e. The maximum Gasteiger partial charge on any atom is -0.0144 e. The second-order valence-electron chi connectivity index (χ2n) is 3.06. The van der Waals surface area contributed by atoms with E-state index in [1.165, 1.54) is 11.1 Å². The zero-order valence-corrected chi connectivity index (χ0v) is 7.85. The van der Waals surface area contributed by atoms with Gasteiger partial charge < -0.3 is 0 Å². The molecule has 0 radical (unpaired) electrons. The van der Waals surface area contributed by atoms with E-state index < -0.39 is 0 Å². The van der Waals surface area contributed by atoms with Gasteiger partial charge in [-0.05, 0) is 33.6 Å². The maximum absolute atomic E-state index is 3.69. The standard InChI is InChI=1S/C11H18/c1-5-7-11(4)9-6-8-10(2)3/h5,8-9H,1,6-7H2,2-4H3. The zero-order chi connectivity index (χ0) is 8.69. The number of allylic oxidation sites excluding steroid dienone is 5. The molecule has 0 heteroatoms. The van der Waals surface area contributed by atoms with Crippen LogP contribution in [0.2, 0.25) is 0 Å². The third-order valence-electron chi connectivity index (χ3n) is 1.46. The highest BCUT2D eigenvalue weighted by molar-refractivity contribution is 5.07. The molecule has 0 aliphatic carbocycles. The molecule has 0 heterocycles. The summed E-state index contributed by atoms with van der Waals surface area (Å²) in [5.41, 5.74) is 2.78. The van der Waals surface area contributed by atoms with Crippen LogP contribution < -0.4 is 0 Å². The Morgan fingerprint density at radius 3 is 2.27 bits per heavy atom. The van der Waals surface area contributed by atoms with Crippen LogP contribution >= 0.6 is 0 Å². The van der Waals surface area contributed by atoms with E-state index in [9.17, 15) is 0 Å². The highest BCUT2D eigenvalue weighted by Gasteiger charge is 1.82. The molecule has 0 amide bonds. The maximum atomic E-state index is 3.69. The summed E-state index contributed by atoms with van der Waals surface area (Å²) in [6.45, 7) is 10.1. The van der Waals surface area contributed by atoms with Gasteiger partial charge in [0, 0.05) is 0 Å². The molecule has 0 saturated heterocycles. The summed E-state index contributed by atoms with van der Waals surface area (Å²) in [5.74, 6) is 0. The van der Waals surface area contributed by atoms with Gasteiger partial charge in [0.1, 0.15) is 0 Å². The Morgan fingerprint density at radius 1 is 1.18 bits per heavy atom. The molecule has 0 aromatic rings. The molecule has 0 spiro atoms. The van der Waals surface area contributed by atoms with Crippen molar-refractivity contribution in [3.05, 3.63) is 36.0 Å². The van der Waals surface area contributed by atoms with Crippen molar-refractivity contribution in [1.82, 2.24) is 0 Å². The molecule has 11 heavy (non-hydrogen) atoms. The Hall–Kier alpha value is -0.780. The molecule has 0 saturated carbocycles. The minimum absolute atomic E-state index is 1.01. The zero-order valence-electron chi connectivity index (χ0n) is 7.85. The van der Waals surface area contributed by atoms with E-state index in [2.05, 4.69) is 39.5 Å². The summed E-state index contributed by atoms with van der Waals surface area (Å²) >= 11 is 0. The van der Waals surface area contributed by atoms with E-state index in [0.29, 0.717) is 0 Å². The van der Waals surface area contributed by atoms with Crippen LogP contribution in [0, 0.1) is 0 Å². The van der Waals surface area contributed by atoms with Crippen molar-refractivity contribution in [1.29, 1.82) is 0 Å². The van der Waals surface area contributed by atoms with E-state index in [-0.39, 0.29) is 0 Å². The predicted octanol–water partition coefficient (Wildman–Crippen LogP) is 3.87. The second kappa shape index (κ2) is 5.96. The fourth-order valence-electron chi connectivity index (χ4n) is 0.807. The van der Waals surface area contributed by atoms with Crippen molar-refractivity contribution < 1.29 is 0 Å². The topological polar surface area (TPSA) is 0 Å². The Morgan fingerprint density at radius 2 is 1.82 bits per heavy atom. The lowest BCUT2D eigenvalue weighted by molar-refractivity contribution is 1.16. The average molecular weight is 150 g/mol. The van der Waals surface area contributed by atoms with Crippen LogP contribution in [-0.4, -0.2) is 0 Å². The molecule has 0 aliphatic heterocycles. The molecule has 0 nitrogen and oxygen atoms in total. The van der Waals surface area contributed by atoms with Crippen LogP contribution in [0.1, 0.15) is 33.6 Å². The second-order valence-corrected chi connectivity index (χ2v) is 3.06. The fraction of sp³-hybridized carbons (Fsp3) is 0.455. The number of hydrogen-bond acceptors (Lipinski definition) is 0. The number of hydrogen-bond donors (Lipinski definition) is 0. The predicted molar refractivity (Wildman–Crippen MR) is 52.6 cm³/mol. The third-order valence-corrected chi connectivity index (χ3v) is 1.46. The minimum atomic E-state index is 1.01. The van der Waals surface area contributed by atoms with Gasteiger partial charge in [-0.25, -0.2) is 0 Å². The molecule has 62 valence electrons. The van der Waals surface area contributed by atoms with Crippen molar-refractivity contribution in [2.45, 2.75) is 33.6 Å². The van der Waals surface area contributed by atoms with Gasteiger partial charge in [-0.1, -0.05) is 29.4 Å². The van der Waals surface area contributed by atoms with Gasteiger partial charge in [-0.3, -0.25) is 0 Å². The lowest BCUT2D eigenvalue weighted by Gasteiger charge is -1.93. The molecule has 0 fully saturated rings. The van der Waals surface area contributed by atoms with Crippen LogP contribution in [0.5, 0.6) is 0 Å². The summed E-state index contributed by atoms with van der Waals surface area (Å²) in [6, 6.07) is 0. The molecular weight excluding hydrogens is 132 g/mol. The van der Waals surface area contributed by atoms with E-state index in [1.807, 2.05) is 6.08 Å². The minimum Gasteiger partial charge on any atom is -0.103 e. The van der Waals surface area contributed by atoms with Crippen molar-refractivity contribution in [3.8, 4) is 0 Å². The first-order chi connectivity index (χ1) is 5.16. The van der Waals surface area contributed by atoms with Crippen molar-refractivity contribution in [2.75, 3.05) is 0 Å². The Bertz CT molecular complexity index is 166. The number of rotatable bonds is 4. The molecule has 0 aliphatic rings. The highest BCUT2D eigenvalue weighted by Crippen LogP contribution is 2.03. The van der Waals surface area contributed by atoms with Crippen LogP contribution in [0.4, 0.5) is 0 Å². The molecule has 0 unspecified atom stereocenters. The summed E-state index contributed by atoms with van der Waals surface area (Å²) in [4.78, 5) is 0. The van der Waals surface area contributed by atoms with Gasteiger partial charge in [0.2, 0.25) is 0 Å². The monoisotopic (exact) mass is 150 g/mol. The van der Waals surface area contributed by atoms with E-state index in [1.54, 1.807) is 0 Å². The van der Waals surface area contributed by atoms with Gasteiger partial charge in [0.15, 0.2) is 0 Å². The van der Waals surface area contributed by atoms with E-state index in [0.717, 1.165) is 12.8 Å². The van der Waals surface area contributed by atoms with Crippen LogP contribution in [0.15, 0.2) is 36.0 Å². The Labute approximate surface area is 70.3 Å². The first kappa shape index (κ1) is 10.2. The molecule has 0 N–H and O–H groups in total. The van der Waals surface area contributed by atoms with Gasteiger partial charge in [0.25, 0.3) is 0 Å². The first-order valence-electron chi connectivity index (χ1n) is 4.06. The van der Waals surface area contributed by atoms with E-state index >= 15 is 0 Å². The summed E-state index contributed by atoms with van der Waals surface area (Å²) < 4.78 is 0. The van der Waals surface area contributed by atoms with Gasteiger partial charge >= 0.3 is 0 Å². The lowest BCUT2D eigenvalue weighted by atomic mass is 10.1. The van der Waals surface area contributed by atoms with Crippen molar-refractivity contribution in [3.63, 3.8) is 0 Å². The average Bonchev–Trinajstić information content (AvgIpc) is 1.87. The van der Waals surface area contributed by atoms with E-state index in [4.69, 9.17) is 0 Å². The normalized spacial score (nSPS) is 11.0. The third kappa shape index (κ3) is 7.11. The summed E-state index contributed by atoms with van der Waals surface area (Å²) in [7, 11) is 0. The van der Waals surface area contributed by atoms with Crippen LogP contribution in [0.3, 0.4) is 0 Å². The molecule has 0 bridgehead atoms. The smallest absolute Gasteiger partial charge is 0.0144 e. The SMILES string of the molecule is C=CCC(C)=CCC=C(C)C. The molecule has 0 aromatic carbocycles. The Kier molecular flexibility index (Phi) is 5.54. The lowest BCUT2D eigenvalue weighted by Crippen LogP contribution is -1.72. The molecule has 0 aromatic heterocycles. The Balaban J connectivity index is 3.73. The van der Waals surface area contributed by atoms with Crippen molar-refractivity contribution >= 4 is 0 Å². The fourth-order valence-corrected chi connectivity index (χ4v) is 0.807.